The lowest BCUT2D eigenvalue weighted by atomic mass is 10.2. The van der Waals surface area contributed by atoms with Gasteiger partial charge >= 0.3 is 0 Å². The number of aliphatic carboxylic acids is 1. The molecule has 1 atom stereocenters. The van der Waals surface area contributed by atoms with Crippen LogP contribution in [-0.2, 0) is 4.79 Å². The highest BCUT2D eigenvalue weighted by atomic mass is 32.2. The van der Waals surface area contributed by atoms with Crippen molar-refractivity contribution >= 4 is 17.7 Å². The minimum atomic E-state index is -0.921. The first-order valence-electron chi connectivity index (χ1n) is 2.92. The quantitative estimate of drug-likeness (QED) is 0.456. The molecule has 4 heteroatoms. The largest absolute Gasteiger partial charge is 0.544 e. The Morgan fingerprint density at radius 1 is 1.78 bits per heavy atom. The summed E-state index contributed by atoms with van der Waals surface area (Å²) in [6, 6.07) is -0.286. The number of nitrogens with two attached hydrogens (primary N) is 1. The average Bonchev–Trinajstić information content (AvgIpc) is 1.90. The van der Waals surface area contributed by atoms with Crippen molar-refractivity contribution in [2.45, 2.75) is 12.5 Å². The number of quaternary nitrogens is 1. The van der Waals surface area contributed by atoms with Gasteiger partial charge in [-0.2, -0.15) is 0 Å². The van der Waals surface area contributed by atoms with Crippen molar-refractivity contribution in [1.82, 2.24) is 0 Å². The van der Waals surface area contributed by atoms with Crippen molar-refractivity contribution in [3.05, 3.63) is 0 Å². The van der Waals surface area contributed by atoms with Crippen molar-refractivity contribution in [3.63, 3.8) is 0 Å². The van der Waals surface area contributed by atoms with Crippen LogP contribution in [0.5, 0.6) is 0 Å². The van der Waals surface area contributed by atoms with Crippen LogP contribution in [0.25, 0.3) is 0 Å². The summed E-state index contributed by atoms with van der Waals surface area (Å²) in [6.07, 6.45) is 0.743. The maximum absolute atomic E-state index is 10.2. The van der Waals surface area contributed by atoms with E-state index >= 15 is 0 Å². The van der Waals surface area contributed by atoms with Gasteiger partial charge in [-0.05, 0) is 0 Å². The van der Waals surface area contributed by atoms with Gasteiger partial charge in [-0.3, -0.25) is 0 Å². The molecule has 0 aromatic rings. The minimum Gasteiger partial charge on any atom is -0.544 e. The molecular formula is C5H9NO2S. The number of rotatable bonds is 1. The molecule has 0 radical (unpaired) electrons. The third-order valence-electron chi connectivity index (χ3n) is 1.37. The minimum absolute atomic E-state index is 0.286. The summed E-state index contributed by atoms with van der Waals surface area (Å²) in [4.78, 5) is 10.2. The highest BCUT2D eigenvalue weighted by Gasteiger charge is 2.16. The van der Waals surface area contributed by atoms with Crippen LogP contribution in [0.3, 0.4) is 0 Å². The number of hydrogen-bond donors (Lipinski definition) is 1. The Kier molecular flexibility index (Phi) is 2.36. The fraction of sp³-hybridized carbons (Fsp3) is 0.800. The number of carboxylic acid groups (broad SMARTS) is 1. The summed E-state index contributed by atoms with van der Waals surface area (Å²) >= 11 is 1.77. The zero-order valence-electron chi connectivity index (χ0n) is 5.00. The predicted octanol–water partition coefficient (Wildman–Crippen LogP) is -2.24. The number of carboxylic acids is 1. The van der Waals surface area contributed by atoms with Crippen molar-refractivity contribution in [2.24, 2.45) is 0 Å². The van der Waals surface area contributed by atoms with Gasteiger partial charge in [0.15, 0.2) is 0 Å². The third-order valence-corrected chi connectivity index (χ3v) is 2.33. The molecule has 52 valence electrons. The SMILES string of the molecule is O=C([O-])[C@H]1CCSC[NH2+]1. The third kappa shape index (κ3) is 1.87. The second kappa shape index (κ2) is 3.08. The van der Waals surface area contributed by atoms with Gasteiger partial charge in [0, 0.05) is 12.2 Å². The lowest BCUT2D eigenvalue weighted by Crippen LogP contribution is -2.93. The van der Waals surface area contributed by atoms with Crippen LogP contribution in [0.15, 0.2) is 0 Å². The molecule has 0 aliphatic carbocycles. The second-order valence-corrected chi connectivity index (χ2v) is 3.17. The molecule has 1 fully saturated rings. The average molecular weight is 147 g/mol. The van der Waals surface area contributed by atoms with E-state index in [1.54, 1.807) is 11.8 Å². The van der Waals surface area contributed by atoms with Gasteiger partial charge in [0.25, 0.3) is 0 Å². The maximum atomic E-state index is 10.2. The molecule has 0 spiro atoms. The highest BCUT2D eigenvalue weighted by molar-refractivity contribution is 7.99. The van der Waals surface area contributed by atoms with Gasteiger partial charge in [0.2, 0.25) is 0 Å². The molecule has 1 rings (SSSR count). The standard InChI is InChI=1S/C5H9NO2S/c7-5(8)4-1-2-9-3-6-4/h4,6H,1-3H2,(H,7,8)/t4-/m1/s1. The lowest BCUT2D eigenvalue weighted by molar-refractivity contribution is -0.668. The van der Waals surface area contributed by atoms with E-state index in [0.717, 1.165) is 18.1 Å². The Morgan fingerprint density at radius 2 is 2.56 bits per heavy atom. The summed E-state index contributed by atoms with van der Waals surface area (Å²) in [5, 5.41) is 12.0. The number of carbonyl (C=O) groups excluding carboxylic acids is 1. The van der Waals surface area contributed by atoms with Crippen LogP contribution in [-0.4, -0.2) is 23.6 Å². The van der Waals surface area contributed by atoms with Crippen LogP contribution in [0.4, 0.5) is 0 Å². The summed E-state index contributed by atoms with van der Waals surface area (Å²) < 4.78 is 0. The molecule has 1 heterocycles. The normalized spacial score (nSPS) is 27.8. The van der Waals surface area contributed by atoms with Gasteiger partial charge in [-0.15, -0.1) is 11.8 Å². The Labute approximate surface area is 57.8 Å². The van der Waals surface area contributed by atoms with Crippen molar-refractivity contribution < 1.29 is 15.2 Å². The van der Waals surface area contributed by atoms with E-state index in [1.165, 1.54) is 0 Å². The monoisotopic (exact) mass is 147 g/mol. The topological polar surface area (TPSA) is 56.7 Å². The summed E-state index contributed by atoms with van der Waals surface area (Å²) in [6.45, 7) is 0. The van der Waals surface area contributed by atoms with Crippen LogP contribution >= 0.6 is 11.8 Å². The zero-order valence-corrected chi connectivity index (χ0v) is 5.82. The van der Waals surface area contributed by atoms with Crippen LogP contribution in [0.1, 0.15) is 6.42 Å². The van der Waals surface area contributed by atoms with Gasteiger partial charge in [-0.25, -0.2) is 0 Å². The lowest BCUT2D eigenvalue weighted by Gasteiger charge is -2.19. The fourth-order valence-corrected chi connectivity index (χ4v) is 1.77. The van der Waals surface area contributed by atoms with Gasteiger partial charge in [0.1, 0.15) is 11.9 Å². The molecule has 0 amide bonds. The van der Waals surface area contributed by atoms with E-state index in [2.05, 4.69) is 0 Å². The number of thioether (sulfide) groups is 1. The smallest absolute Gasteiger partial charge is 0.127 e. The van der Waals surface area contributed by atoms with E-state index in [-0.39, 0.29) is 6.04 Å². The first-order chi connectivity index (χ1) is 4.30. The van der Waals surface area contributed by atoms with E-state index in [1.807, 2.05) is 5.32 Å². The second-order valence-electron chi connectivity index (χ2n) is 2.02. The predicted molar refractivity (Wildman–Crippen MR) is 32.7 cm³/mol. The Morgan fingerprint density at radius 3 is 2.89 bits per heavy atom. The Bertz CT molecular complexity index is 112. The van der Waals surface area contributed by atoms with Gasteiger partial charge in [0.05, 0.1) is 5.97 Å². The molecule has 3 nitrogen and oxygen atoms in total. The Balaban J connectivity index is 2.31. The zero-order chi connectivity index (χ0) is 6.69. The molecular weight excluding hydrogens is 138 g/mol. The van der Waals surface area contributed by atoms with Crippen LogP contribution in [0, 0.1) is 0 Å². The van der Waals surface area contributed by atoms with E-state index in [0.29, 0.717) is 0 Å². The first kappa shape index (κ1) is 6.89. The highest BCUT2D eigenvalue weighted by Crippen LogP contribution is 2.03. The van der Waals surface area contributed by atoms with E-state index in [4.69, 9.17) is 0 Å². The molecule has 0 saturated carbocycles. The Hall–Kier alpha value is -0.220. The van der Waals surface area contributed by atoms with E-state index in [9.17, 15) is 9.90 Å². The molecule has 0 aromatic carbocycles. The first-order valence-corrected chi connectivity index (χ1v) is 4.08. The van der Waals surface area contributed by atoms with Crippen molar-refractivity contribution in [1.29, 1.82) is 0 Å². The van der Waals surface area contributed by atoms with Crippen molar-refractivity contribution in [2.75, 3.05) is 11.6 Å². The molecule has 1 aliphatic heterocycles. The molecule has 9 heavy (non-hydrogen) atoms. The fourth-order valence-electron chi connectivity index (χ4n) is 0.810. The molecule has 1 aliphatic rings. The maximum Gasteiger partial charge on any atom is 0.127 e. The molecule has 0 unspecified atom stereocenters. The number of carbonyl (C=O) groups is 1. The van der Waals surface area contributed by atoms with Gasteiger partial charge < -0.3 is 15.2 Å². The molecule has 0 bridgehead atoms. The van der Waals surface area contributed by atoms with E-state index < -0.39 is 5.97 Å². The molecule has 2 N–H and O–H groups in total. The van der Waals surface area contributed by atoms with Crippen LogP contribution < -0.4 is 10.4 Å². The van der Waals surface area contributed by atoms with Crippen LogP contribution in [0.2, 0.25) is 0 Å². The molecule has 1 saturated heterocycles. The van der Waals surface area contributed by atoms with Gasteiger partial charge in [-0.1, -0.05) is 0 Å². The summed E-state index contributed by atoms with van der Waals surface area (Å²) in [5.74, 6) is 0.892. The number of hydrogen-bond acceptors (Lipinski definition) is 3. The summed E-state index contributed by atoms with van der Waals surface area (Å²) in [7, 11) is 0. The molecule has 0 aromatic heterocycles. The van der Waals surface area contributed by atoms with Crippen molar-refractivity contribution in [3.8, 4) is 0 Å². The summed E-state index contributed by atoms with van der Waals surface area (Å²) in [5.41, 5.74) is 0.